The van der Waals surface area contributed by atoms with Crippen molar-refractivity contribution in [1.82, 2.24) is 14.9 Å². The molecule has 5 heteroatoms. The zero-order valence-corrected chi connectivity index (χ0v) is 12.0. The lowest BCUT2D eigenvalue weighted by molar-refractivity contribution is 0.400. The van der Waals surface area contributed by atoms with Crippen LogP contribution in [0.1, 0.15) is 20.3 Å². The zero-order chi connectivity index (χ0) is 13.4. The number of anilines is 2. The molecule has 0 aliphatic carbocycles. The Kier molecular flexibility index (Phi) is 6.43. The maximum atomic E-state index is 4.57. The van der Waals surface area contributed by atoms with Crippen LogP contribution >= 0.6 is 0 Å². The molecule has 5 nitrogen and oxygen atoms in total. The van der Waals surface area contributed by atoms with Crippen LogP contribution in [0.3, 0.4) is 0 Å². The summed E-state index contributed by atoms with van der Waals surface area (Å²) < 4.78 is 0. The third-order valence-corrected chi connectivity index (χ3v) is 2.72. The van der Waals surface area contributed by atoms with E-state index in [4.69, 9.17) is 0 Å². The lowest BCUT2D eigenvalue weighted by Gasteiger charge is -2.22. The van der Waals surface area contributed by atoms with Gasteiger partial charge in [0, 0.05) is 19.6 Å². The molecule has 0 spiro atoms. The molecule has 0 aromatic carbocycles. The Labute approximate surface area is 110 Å². The van der Waals surface area contributed by atoms with E-state index in [1.807, 2.05) is 6.20 Å². The summed E-state index contributed by atoms with van der Waals surface area (Å²) in [4.78, 5) is 13.3. The monoisotopic (exact) mass is 251 g/mol. The van der Waals surface area contributed by atoms with Gasteiger partial charge in [-0.05, 0) is 40.9 Å². The van der Waals surface area contributed by atoms with Crippen LogP contribution in [0.15, 0.2) is 12.4 Å². The van der Waals surface area contributed by atoms with Gasteiger partial charge in [0.2, 0.25) is 0 Å². The van der Waals surface area contributed by atoms with Crippen LogP contribution in [0.4, 0.5) is 11.6 Å². The zero-order valence-electron chi connectivity index (χ0n) is 12.0. The Bertz CT molecular complexity index is 340. The standard InChI is InChI=1S/C13H25N5/c1-5-15-12-10-14-11-13(16-12)18(6-2)9-7-8-17(3)4/h10-11H,5-9H2,1-4H3,(H,15,16). The van der Waals surface area contributed by atoms with E-state index in [0.29, 0.717) is 0 Å². The summed E-state index contributed by atoms with van der Waals surface area (Å²) in [5.74, 6) is 1.80. The number of hydrogen-bond acceptors (Lipinski definition) is 5. The summed E-state index contributed by atoms with van der Waals surface area (Å²) in [5, 5.41) is 3.19. The Morgan fingerprint density at radius 2 is 1.94 bits per heavy atom. The topological polar surface area (TPSA) is 44.3 Å². The highest BCUT2D eigenvalue weighted by atomic mass is 15.2. The largest absolute Gasteiger partial charge is 0.369 e. The summed E-state index contributed by atoms with van der Waals surface area (Å²) in [6.45, 7) is 8.14. The maximum Gasteiger partial charge on any atom is 0.149 e. The number of nitrogens with zero attached hydrogens (tertiary/aromatic N) is 4. The quantitative estimate of drug-likeness (QED) is 0.761. The van der Waals surface area contributed by atoms with Gasteiger partial charge in [-0.2, -0.15) is 0 Å². The van der Waals surface area contributed by atoms with Gasteiger partial charge in [-0.3, -0.25) is 4.98 Å². The van der Waals surface area contributed by atoms with E-state index in [1.165, 1.54) is 0 Å². The Balaban J connectivity index is 2.60. The van der Waals surface area contributed by atoms with Crippen LogP contribution in [0.25, 0.3) is 0 Å². The summed E-state index contributed by atoms with van der Waals surface area (Å²) in [5.41, 5.74) is 0. The molecule has 1 heterocycles. The van der Waals surface area contributed by atoms with Crippen LogP contribution in [-0.2, 0) is 0 Å². The molecule has 1 aromatic rings. The highest BCUT2D eigenvalue weighted by Crippen LogP contribution is 2.12. The average Bonchev–Trinajstić information content (AvgIpc) is 2.35. The number of hydrogen-bond donors (Lipinski definition) is 1. The van der Waals surface area contributed by atoms with E-state index in [-0.39, 0.29) is 0 Å². The predicted octanol–water partition coefficient (Wildman–Crippen LogP) is 1.69. The minimum absolute atomic E-state index is 0.848. The van der Waals surface area contributed by atoms with Crippen LogP contribution in [0.5, 0.6) is 0 Å². The molecule has 0 saturated carbocycles. The van der Waals surface area contributed by atoms with Gasteiger partial charge in [0.05, 0.1) is 12.4 Å². The third kappa shape index (κ3) is 4.87. The van der Waals surface area contributed by atoms with Crippen molar-refractivity contribution in [1.29, 1.82) is 0 Å². The fourth-order valence-corrected chi connectivity index (χ4v) is 1.79. The minimum atomic E-state index is 0.848. The highest BCUT2D eigenvalue weighted by molar-refractivity contribution is 5.43. The summed E-state index contributed by atoms with van der Waals surface area (Å²) in [6, 6.07) is 0. The molecule has 0 atom stereocenters. The molecule has 1 aromatic heterocycles. The Morgan fingerprint density at radius 3 is 2.56 bits per heavy atom. The first kappa shape index (κ1) is 14.7. The van der Waals surface area contributed by atoms with Gasteiger partial charge in [-0.15, -0.1) is 0 Å². The summed E-state index contributed by atoms with van der Waals surface area (Å²) >= 11 is 0. The first-order valence-corrected chi connectivity index (χ1v) is 6.63. The second kappa shape index (κ2) is 7.87. The third-order valence-electron chi connectivity index (χ3n) is 2.72. The van der Waals surface area contributed by atoms with E-state index in [1.54, 1.807) is 6.20 Å². The molecule has 0 unspecified atom stereocenters. The van der Waals surface area contributed by atoms with E-state index in [0.717, 1.165) is 44.2 Å². The van der Waals surface area contributed by atoms with Gasteiger partial charge >= 0.3 is 0 Å². The molecule has 0 fully saturated rings. The van der Waals surface area contributed by atoms with Crippen LogP contribution in [0.2, 0.25) is 0 Å². The van der Waals surface area contributed by atoms with Gasteiger partial charge in [0.15, 0.2) is 0 Å². The second-order valence-electron chi connectivity index (χ2n) is 4.53. The van der Waals surface area contributed by atoms with Crippen molar-refractivity contribution in [3.8, 4) is 0 Å². The molecular weight excluding hydrogens is 226 g/mol. The fraction of sp³-hybridized carbons (Fsp3) is 0.692. The Morgan fingerprint density at radius 1 is 1.17 bits per heavy atom. The van der Waals surface area contributed by atoms with Crippen molar-refractivity contribution in [2.75, 3.05) is 50.5 Å². The smallest absolute Gasteiger partial charge is 0.149 e. The summed E-state index contributed by atoms with van der Waals surface area (Å²) in [7, 11) is 4.20. The molecule has 0 aliphatic rings. The van der Waals surface area contributed by atoms with Gasteiger partial charge in [-0.25, -0.2) is 4.98 Å². The molecule has 102 valence electrons. The first-order valence-electron chi connectivity index (χ1n) is 6.63. The predicted molar refractivity (Wildman–Crippen MR) is 77.3 cm³/mol. The number of aromatic nitrogens is 2. The van der Waals surface area contributed by atoms with Crippen molar-refractivity contribution in [2.24, 2.45) is 0 Å². The molecule has 0 radical (unpaired) electrons. The van der Waals surface area contributed by atoms with Crippen molar-refractivity contribution in [3.05, 3.63) is 12.4 Å². The Hall–Kier alpha value is -1.36. The normalized spacial score (nSPS) is 10.7. The lowest BCUT2D eigenvalue weighted by Crippen LogP contribution is -2.28. The molecular formula is C13H25N5. The SMILES string of the molecule is CCNc1cncc(N(CC)CCCN(C)C)n1. The van der Waals surface area contributed by atoms with Gasteiger partial charge in [0.25, 0.3) is 0 Å². The van der Waals surface area contributed by atoms with Gasteiger partial charge in [-0.1, -0.05) is 0 Å². The summed E-state index contributed by atoms with van der Waals surface area (Å²) in [6.07, 6.45) is 4.73. The second-order valence-corrected chi connectivity index (χ2v) is 4.53. The van der Waals surface area contributed by atoms with Crippen LogP contribution in [0, 0.1) is 0 Å². The van der Waals surface area contributed by atoms with Gasteiger partial charge < -0.3 is 15.1 Å². The molecule has 1 rings (SSSR count). The molecule has 18 heavy (non-hydrogen) atoms. The van der Waals surface area contributed by atoms with E-state index in [2.05, 4.69) is 53.0 Å². The van der Waals surface area contributed by atoms with Crippen molar-refractivity contribution >= 4 is 11.6 Å². The van der Waals surface area contributed by atoms with E-state index >= 15 is 0 Å². The van der Waals surface area contributed by atoms with Gasteiger partial charge in [0.1, 0.15) is 11.6 Å². The van der Waals surface area contributed by atoms with Crippen molar-refractivity contribution in [2.45, 2.75) is 20.3 Å². The van der Waals surface area contributed by atoms with Crippen LogP contribution < -0.4 is 10.2 Å². The lowest BCUT2D eigenvalue weighted by atomic mass is 10.3. The van der Waals surface area contributed by atoms with Crippen LogP contribution in [-0.4, -0.2) is 55.1 Å². The fourth-order valence-electron chi connectivity index (χ4n) is 1.79. The molecule has 1 N–H and O–H groups in total. The molecule has 0 aliphatic heterocycles. The minimum Gasteiger partial charge on any atom is -0.369 e. The number of nitrogens with one attached hydrogen (secondary N) is 1. The number of rotatable bonds is 8. The average molecular weight is 251 g/mol. The maximum absolute atomic E-state index is 4.57. The van der Waals surface area contributed by atoms with Crippen molar-refractivity contribution in [3.63, 3.8) is 0 Å². The molecule has 0 amide bonds. The molecule has 0 bridgehead atoms. The van der Waals surface area contributed by atoms with E-state index in [9.17, 15) is 0 Å². The first-order chi connectivity index (χ1) is 8.67. The van der Waals surface area contributed by atoms with E-state index < -0.39 is 0 Å². The molecule has 0 saturated heterocycles. The highest BCUT2D eigenvalue weighted by Gasteiger charge is 2.07. The van der Waals surface area contributed by atoms with Crippen molar-refractivity contribution < 1.29 is 0 Å².